The molecule has 37 heavy (non-hydrogen) atoms. The van der Waals surface area contributed by atoms with Crippen molar-refractivity contribution in [1.29, 1.82) is 0 Å². The summed E-state index contributed by atoms with van der Waals surface area (Å²) in [5.41, 5.74) is -0.253. The van der Waals surface area contributed by atoms with Crippen LogP contribution in [0.3, 0.4) is 0 Å². The number of halogens is 4. The van der Waals surface area contributed by atoms with Crippen LogP contribution in [0.25, 0.3) is 11.0 Å². The van der Waals surface area contributed by atoms with Gasteiger partial charge in [0.05, 0.1) is 27.9 Å². The third kappa shape index (κ3) is 4.64. The van der Waals surface area contributed by atoms with Gasteiger partial charge in [-0.2, -0.15) is 0 Å². The lowest BCUT2D eigenvalue weighted by molar-refractivity contribution is 0.103. The van der Waals surface area contributed by atoms with E-state index in [0.29, 0.717) is 47.4 Å². The number of pyridine rings is 1. The number of rotatable bonds is 8. The minimum atomic E-state index is -4.82. The molecule has 1 fully saturated rings. The van der Waals surface area contributed by atoms with E-state index in [0.717, 1.165) is 30.5 Å². The molecule has 0 bridgehead atoms. The Hall–Kier alpha value is -3.93. The monoisotopic (exact) mass is 532 g/mol. The maximum atomic E-state index is 15.4. The molecule has 0 unspecified atom stereocenters. The summed E-state index contributed by atoms with van der Waals surface area (Å²) in [7, 11) is -4.82. The van der Waals surface area contributed by atoms with Crippen molar-refractivity contribution < 1.29 is 30.8 Å². The third-order valence-corrected chi connectivity index (χ3v) is 7.53. The van der Waals surface area contributed by atoms with Crippen molar-refractivity contribution in [2.24, 2.45) is 5.92 Å². The second-order valence-electron chi connectivity index (χ2n) is 8.86. The Bertz CT molecular complexity index is 1670. The number of aryl methyl sites for hydroxylation is 1. The van der Waals surface area contributed by atoms with Crippen LogP contribution >= 0.6 is 0 Å². The highest BCUT2D eigenvalue weighted by atomic mass is 32.2. The van der Waals surface area contributed by atoms with E-state index in [4.69, 9.17) is 0 Å². The number of nitrogens with zero attached hydrogens (tertiary/aromatic N) is 1. The van der Waals surface area contributed by atoms with E-state index < -0.39 is 55.2 Å². The van der Waals surface area contributed by atoms with Crippen molar-refractivity contribution in [3.05, 3.63) is 82.7 Å². The van der Waals surface area contributed by atoms with Crippen molar-refractivity contribution in [2.45, 2.75) is 24.7 Å². The summed E-state index contributed by atoms with van der Waals surface area (Å²) in [6.45, 7) is 2.44. The van der Waals surface area contributed by atoms with E-state index in [2.05, 4.69) is 15.3 Å². The largest absolute Gasteiger partial charge is 0.384 e. The number of H-pyrrole nitrogens is 1. The second-order valence-corrected chi connectivity index (χ2v) is 10.5. The lowest BCUT2D eigenvalue weighted by atomic mass is 10.00. The van der Waals surface area contributed by atoms with Crippen LogP contribution in [0.5, 0.6) is 0 Å². The quantitative estimate of drug-likeness (QED) is 0.212. The smallest absolute Gasteiger partial charge is 0.265 e. The first-order valence-corrected chi connectivity index (χ1v) is 12.8. The number of nitrogens with one attached hydrogen (secondary N) is 3. The molecule has 1 saturated carbocycles. The summed E-state index contributed by atoms with van der Waals surface area (Å²) in [6, 6.07) is 3.19. The van der Waals surface area contributed by atoms with Gasteiger partial charge in [-0.05, 0) is 61.6 Å². The summed E-state index contributed by atoms with van der Waals surface area (Å²) in [5, 5.41) is 3.64. The van der Waals surface area contributed by atoms with Gasteiger partial charge in [-0.25, -0.2) is 31.0 Å². The minimum absolute atomic E-state index is 0.0709. The molecule has 2 aromatic carbocycles. The highest BCUT2D eigenvalue weighted by Crippen LogP contribution is 2.35. The van der Waals surface area contributed by atoms with Crippen LogP contribution in [0.2, 0.25) is 0 Å². The summed E-state index contributed by atoms with van der Waals surface area (Å²) < 4.78 is 84.9. The van der Waals surface area contributed by atoms with Crippen LogP contribution in [-0.2, 0) is 10.0 Å². The number of carbonyl (C=O) groups is 1. The van der Waals surface area contributed by atoms with E-state index in [-0.39, 0.29) is 5.56 Å². The lowest BCUT2D eigenvalue weighted by Crippen LogP contribution is -2.18. The van der Waals surface area contributed by atoms with Gasteiger partial charge in [0.2, 0.25) is 5.78 Å². The molecule has 2 heterocycles. The maximum Gasteiger partial charge on any atom is 0.265 e. The predicted molar refractivity (Wildman–Crippen MR) is 129 cm³/mol. The van der Waals surface area contributed by atoms with Crippen molar-refractivity contribution in [1.82, 2.24) is 9.97 Å². The first kappa shape index (κ1) is 24.8. The summed E-state index contributed by atoms with van der Waals surface area (Å²) in [5.74, 6) is -5.60. The van der Waals surface area contributed by atoms with Gasteiger partial charge in [0.1, 0.15) is 28.0 Å². The van der Waals surface area contributed by atoms with E-state index in [9.17, 15) is 26.4 Å². The Kier molecular flexibility index (Phi) is 6.14. The number of benzene rings is 2. The normalized spacial score (nSPS) is 13.6. The number of anilines is 2. The fraction of sp³-hybridized carbons (Fsp3) is 0.200. The zero-order valence-corrected chi connectivity index (χ0v) is 20.1. The third-order valence-electron chi connectivity index (χ3n) is 6.15. The Labute approximate surface area is 209 Å². The molecule has 0 spiro atoms. The number of hydrogen-bond donors (Lipinski definition) is 3. The van der Waals surface area contributed by atoms with Crippen LogP contribution < -0.4 is 10.0 Å². The zero-order valence-electron chi connectivity index (χ0n) is 19.3. The molecule has 0 atom stereocenters. The van der Waals surface area contributed by atoms with Gasteiger partial charge in [0, 0.05) is 18.9 Å². The van der Waals surface area contributed by atoms with Crippen LogP contribution in [0, 0.1) is 36.1 Å². The molecular weight excluding hydrogens is 512 g/mol. The maximum absolute atomic E-state index is 15.4. The molecule has 12 heteroatoms. The van der Waals surface area contributed by atoms with E-state index >= 15 is 4.39 Å². The first-order chi connectivity index (χ1) is 17.6. The molecular formula is C25H20F4N4O3S. The van der Waals surface area contributed by atoms with Gasteiger partial charge in [0.25, 0.3) is 10.0 Å². The molecule has 4 aromatic rings. The summed E-state index contributed by atoms with van der Waals surface area (Å²) >= 11 is 0. The van der Waals surface area contributed by atoms with Gasteiger partial charge >= 0.3 is 0 Å². The molecule has 3 N–H and O–H groups in total. The number of fused-ring (bicyclic) bond motifs is 1. The van der Waals surface area contributed by atoms with Gasteiger partial charge < -0.3 is 10.3 Å². The van der Waals surface area contributed by atoms with Crippen molar-refractivity contribution in [2.75, 3.05) is 16.6 Å². The molecule has 1 aliphatic rings. The second kappa shape index (κ2) is 9.18. The molecule has 1 aliphatic carbocycles. The average molecular weight is 533 g/mol. The topological polar surface area (TPSA) is 104 Å². The molecule has 0 amide bonds. The Morgan fingerprint density at radius 1 is 1.11 bits per heavy atom. The van der Waals surface area contributed by atoms with Gasteiger partial charge in [0.15, 0.2) is 5.82 Å². The number of carbonyl (C=O) groups excluding carboxylic acids is 1. The van der Waals surface area contributed by atoms with Crippen molar-refractivity contribution in [3.8, 4) is 0 Å². The summed E-state index contributed by atoms with van der Waals surface area (Å²) in [4.78, 5) is 19.4. The fourth-order valence-electron chi connectivity index (χ4n) is 4.02. The highest BCUT2D eigenvalue weighted by Gasteiger charge is 2.29. The molecule has 5 rings (SSSR count). The molecule has 7 nitrogen and oxygen atoms in total. The SMILES string of the molecule is Cc1cnc2[nH]cc(C(=O)c3c(F)ccc(NS(=O)(=O)c4cc(F)ccc4F)c3F)c2c1NCC1CC1. The average Bonchev–Trinajstić information content (AvgIpc) is 3.58. The number of hydrogen-bond acceptors (Lipinski definition) is 5. The molecule has 192 valence electrons. The molecule has 0 saturated heterocycles. The fourth-order valence-corrected chi connectivity index (χ4v) is 5.17. The number of sulfonamides is 1. The van der Waals surface area contributed by atoms with E-state index in [1.807, 2.05) is 0 Å². The standard InChI is InChI=1S/C25H20F4N4O3S/c1-12-9-31-25-20(23(12)30-10-13-2-3-13)15(11-32-25)24(34)21-17(28)6-7-18(22(21)29)33-37(35,36)19-8-14(26)4-5-16(19)27/h4-9,11,13,33H,2-3,10H2,1H3,(H2,30,31,32). The number of aromatic amines is 1. The van der Waals surface area contributed by atoms with E-state index in [1.54, 1.807) is 17.8 Å². The Morgan fingerprint density at radius 3 is 2.57 bits per heavy atom. The molecule has 2 aromatic heterocycles. The summed E-state index contributed by atoms with van der Waals surface area (Å²) in [6.07, 6.45) is 5.04. The van der Waals surface area contributed by atoms with Gasteiger partial charge in [-0.3, -0.25) is 9.52 Å². The number of ketones is 1. The van der Waals surface area contributed by atoms with Crippen molar-refractivity contribution >= 4 is 38.2 Å². The van der Waals surface area contributed by atoms with Gasteiger partial charge in [-0.15, -0.1) is 0 Å². The van der Waals surface area contributed by atoms with Crippen LogP contribution in [0.4, 0.5) is 28.9 Å². The predicted octanol–water partition coefficient (Wildman–Crippen LogP) is 5.28. The van der Waals surface area contributed by atoms with Crippen molar-refractivity contribution in [3.63, 3.8) is 0 Å². The minimum Gasteiger partial charge on any atom is -0.384 e. The molecule has 0 radical (unpaired) electrons. The van der Waals surface area contributed by atoms with Crippen LogP contribution in [-0.4, -0.2) is 30.7 Å². The van der Waals surface area contributed by atoms with Crippen LogP contribution in [0.15, 0.2) is 47.6 Å². The highest BCUT2D eigenvalue weighted by molar-refractivity contribution is 7.92. The zero-order chi connectivity index (χ0) is 26.5. The first-order valence-electron chi connectivity index (χ1n) is 11.3. The molecule has 0 aliphatic heterocycles. The van der Waals surface area contributed by atoms with Crippen LogP contribution in [0.1, 0.15) is 34.3 Å². The van der Waals surface area contributed by atoms with Gasteiger partial charge in [-0.1, -0.05) is 0 Å². The lowest BCUT2D eigenvalue weighted by Gasteiger charge is -2.14. The Morgan fingerprint density at radius 2 is 1.84 bits per heavy atom. The Balaban J connectivity index is 1.56. The van der Waals surface area contributed by atoms with E-state index in [1.165, 1.54) is 6.20 Å². The number of aromatic nitrogens is 2.